The maximum atomic E-state index is 9.72. The van der Waals surface area contributed by atoms with E-state index in [9.17, 15) is 5.11 Å². The number of aliphatic hydroxyl groups excluding tert-OH is 1. The van der Waals surface area contributed by atoms with E-state index in [1.807, 2.05) is 0 Å². The molecule has 0 aliphatic carbocycles. The van der Waals surface area contributed by atoms with E-state index in [1.54, 1.807) is 0 Å². The van der Waals surface area contributed by atoms with Crippen LogP contribution in [0.1, 0.15) is 72.1 Å². The van der Waals surface area contributed by atoms with Gasteiger partial charge >= 0.3 is 0 Å². The first-order valence-electron chi connectivity index (χ1n) is 6.42. The van der Waals surface area contributed by atoms with Crippen LogP contribution in [0.2, 0.25) is 0 Å². The minimum Gasteiger partial charge on any atom is -0.393 e. The predicted molar refractivity (Wildman–Crippen MR) is 63.5 cm³/mol. The Morgan fingerprint density at radius 2 is 1.50 bits per heavy atom. The van der Waals surface area contributed by atoms with E-state index in [0.29, 0.717) is 0 Å². The molecule has 0 aromatic heterocycles. The third kappa shape index (κ3) is 7.37. The van der Waals surface area contributed by atoms with Gasteiger partial charge in [0, 0.05) is 0 Å². The Hall–Kier alpha value is -0.0400. The van der Waals surface area contributed by atoms with Crippen LogP contribution in [-0.4, -0.2) is 11.2 Å². The molecule has 0 aromatic rings. The average Bonchev–Trinajstić information content (AvgIpc) is 2.20. The summed E-state index contributed by atoms with van der Waals surface area (Å²) in [6, 6.07) is 0. The summed E-state index contributed by atoms with van der Waals surface area (Å²) in [7, 11) is 0. The second-order valence-corrected chi connectivity index (χ2v) is 4.41. The molecule has 0 bridgehead atoms. The summed E-state index contributed by atoms with van der Waals surface area (Å²) in [5.41, 5.74) is 0. The molecular weight excluding hydrogens is 172 g/mol. The molecule has 0 saturated heterocycles. The van der Waals surface area contributed by atoms with E-state index in [-0.39, 0.29) is 6.10 Å². The van der Waals surface area contributed by atoms with Crippen molar-refractivity contribution in [2.75, 3.05) is 0 Å². The molecule has 1 nitrogen and oxygen atoms in total. The van der Waals surface area contributed by atoms with E-state index < -0.39 is 0 Å². The third-order valence-corrected chi connectivity index (χ3v) is 3.20. The molecule has 14 heavy (non-hydrogen) atoms. The van der Waals surface area contributed by atoms with Crippen LogP contribution in [0, 0.1) is 5.92 Å². The minimum absolute atomic E-state index is 0.0397. The lowest BCUT2D eigenvalue weighted by atomic mass is 9.94. The van der Waals surface area contributed by atoms with Gasteiger partial charge in [0.05, 0.1) is 6.10 Å². The van der Waals surface area contributed by atoms with Crippen molar-refractivity contribution in [3.8, 4) is 0 Å². The molecular formula is C13H28O. The highest BCUT2D eigenvalue weighted by atomic mass is 16.3. The summed E-state index contributed by atoms with van der Waals surface area (Å²) in [4.78, 5) is 0. The molecule has 0 heterocycles. The summed E-state index contributed by atoms with van der Waals surface area (Å²) in [5, 5.41) is 9.72. The van der Waals surface area contributed by atoms with Gasteiger partial charge in [0.25, 0.3) is 0 Å². The van der Waals surface area contributed by atoms with Gasteiger partial charge in [-0.2, -0.15) is 0 Å². The van der Waals surface area contributed by atoms with Gasteiger partial charge in [0.15, 0.2) is 0 Å². The van der Waals surface area contributed by atoms with Gasteiger partial charge in [-0.05, 0) is 25.2 Å². The first kappa shape index (κ1) is 14.0. The number of hydrogen-bond acceptors (Lipinski definition) is 1. The highest BCUT2D eigenvalue weighted by Crippen LogP contribution is 2.18. The van der Waals surface area contributed by atoms with E-state index in [4.69, 9.17) is 0 Å². The smallest absolute Gasteiger partial charge is 0.0540 e. The van der Waals surface area contributed by atoms with Crippen LogP contribution >= 0.6 is 0 Å². The summed E-state index contributed by atoms with van der Waals surface area (Å²) in [6.07, 6.45) is 9.42. The lowest BCUT2D eigenvalue weighted by Crippen LogP contribution is -2.09. The zero-order chi connectivity index (χ0) is 10.8. The molecule has 0 spiro atoms. The molecule has 0 aromatic carbocycles. The van der Waals surface area contributed by atoms with Crippen LogP contribution in [-0.2, 0) is 0 Å². The molecule has 1 atom stereocenters. The standard InChI is InChI=1S/C13H28O/c1-4-7-8-9-13(14)11-10-12(5-2)6-3/h12-14H,4-11H2,1-3H3. The molecule has 0 rings (SSSR count). The monoisotopic (exact) mass is 200 g/mol. The quantitative estimate of drug-likeness (QED) is 0.554. The maximum Gasteiger partial charge on any atom is 0.0540 e. The summed E-state index contributed by atoms with van der Waals surface area (Å²) < 4.78 is 0. The fourth-order valence-corrected chi connectivity index (χ4v) is 1.90. The Morgan fingerprint density at radius 1 is 0.857 bits per heavy atom. The molecule has 1 heteroatoms. The highest BCUT2D eigenvalue weighted by molar-refractivity contribution is 4.61. The molecule has 0 amide bonds. The van der Waals surface area contributed by atoms with Crippen LogP contribution in [0.3, 0.4) is 0 Å². The summed E-state index contributed by atoms with van der Waals surface area (Å²) >= 11 is 0. The van der Waals surface area contributed by atoms with Crippen LogP contribution in [0.5, 0.6) is 0 Å². The third-order valence-electron chi connectivity index (χ3n) is 3.20. The average molecular weight is 200 g/mol. The number of aliphatic hydroxyl groups is 1. The Balaban J connectivity index is 3.37. The first-order chi connectivity index (χ1) is 6.74. The van der Waals surface area contributed by atoms with Crippen LogP contribution in [0.4, 0.5) is 0 Å². The Morgan fingerprint density at radius 3 is 2.00 bits per heavy atom. The van der Waals surface area contributed by atoms with Crippen LogP contribution < -0.4 is 0 Å². The van der Waals surface area contributed by atoms with Gasteiger partial charge in [-0.25, -0.2) is 0 Å². The van der Waals surface area contributed by atoms with E-state index >= 15 is 0 Å². The topological polar surface area (TPSA) is 20.2 Å². The Kier molecular flexibility index (Phi) is 9.49. The molecule has 0 radical (unpaired) electrons. The number of hydrogen-bond donors (Lipinski definition) is 1. The molecule has 0 aliphatic rings. The van der Waals surface area contributed by atoms with E-state index in [1.165, 1.54) is 38.5 Å². The minimum atomic E-state index is -0.0397. The van der Waals surface area contributed by atoms with Crippen molar-refractivity contribution < 1.29 is 5.11 Å². The summed E-state index contributed by atoms with van der Waals surface area (Å²) in [6.45, 7) is 6.70. The molecule has 0 aliphatic heterocycles. The zero-order valence-electron chi connectivity index (χ0n) is 10.3. The van der Waals surface area contributed by atoms with Crippen molar-refractivity contribution in [3.63, 3.8) is 0 Å². The fourth-order valence-electron chi connectivity index (χ4n) is 1.90. The second-order valence-electron chi connectivity index (χ2n) is 4.41. The van der Waals surface area contributed by atoms with E-state index in [2.05, 4.69) is 20.8 Å². The van der Waals surface area contributed by atoms with Crippen molar-refractivity contribution in [1.29, 1.82) is 0 Å². The Bertz CT molecular complexity index is 108. The van der Waals surface area contributed by atoms with Gasteiger partial charge < -0.3 is 5.11 Å². The number of rotatable bonds is 9. The maximum absolute atomic E-state index is 9.72. The van der Waals surface area contributed by atoms with Crippen molar-refractivity contribution in [2.45, 2.75) is 78.2 Å². The van der Waals surface area contributed by atoms with E-state index in [0.717, 1.165) is 18.8 Å². The van der Waals surface area contributed by atoms with Crippen LogP contribution in [0.15, 0.2) is 0 Å². The first-order valence-corrected chi connectivity index (χ1v) is 6.42. The lowest BCUT2D eigenvalue weighted by molar-refractivity contribution is 0.140. The van der Waals surface area contributed by atoms with Gasteiger partial charge in [-0.15, -0.1) is 0 Å². The Labute approximate surface area is 89.9 Å². The fraction of sp³-hybridized carbons (Fsp3) is 1.00. The lowest BCUT2D eigenvalue weighted by Gasteiger charge is -2.15. The van der Waals surface area contributed by atoms with Crippen molar-refractivity contribution >= 4 is 0 Å². The molecule has 1 N–H and O–H groups in total. The van der Waals surface area contributed by atoms with Crippen LogP contribution in [0.25, 0.3) is 0 Å². The summed E-state index contributed by atoms with van der Waals surface area (Å²) in [5.74, 6) is 0.829. The second kappa shape index (κ2) is 9.51. The SMILES string of the molecule is CCCCCC(O)CCC(CC)CC. The predicted octanol–water partition coefficient (Wildman–Crippen LogP) is 4.14. The number of unbranched alkanes of at least 4 members (excludes halogenated alkanes) is 2. The largest absolute Gasteiger partial charge is 0.393 e. The van der Waals surface area contributed by atoms with Crippen molar-refractivity contribution in [3.05, 3.63) is 0 Å². The van der Waals surface area contributed by atoms with Gasteiger partial charge in [0.1, 0.15) is 0 Å². The van der Waals surface area contributed by atoms with Crippen molar-refractivity contribution in [1.82, 2.24) is 0 Å². The zero-order valence-corrected chi connectivity index (χ0v) is 10.3. The normalized spacial score (nSPS) is 13.5. The van der Waals surface area contributed by atoms with Gasteiger partial charge in [-0.3, -0.25) is 0 Å². The highest BCUT2D eigenvalue weighted by Gasteiger charge is 2.08. The molecule has 86 valence electrons. The molecule has 0 saturated carbocycles. The van der Waals surface area contributed by atoms with Gasteiger partial charge in [-0.1, -0.05) is 52.9 Å². The van der Waals surface area contributed by atoms with Crippen molar-refractivity contribution in [2.24, 2.45) is 5.92 Å². The molecule has 1 unspecified atom stereocenters. The molecule has 0 fully saturated rings. The van der Waals surface area contributed by atoms with Gasteiger partial charge in [0.2, 0.25) is 0 Å².